The summed E-state index contributed by atoms with van der Waals surface area (Å²) in [5.41, 5.74) is 0.635. The molecule has 0 saturated carbocycles. The third kappa shape index (κ3) is 4.87. The van der Waals surface area contributed by atoms with Crippen molar-refractivity contribution >= 4 is 40.8 Å². The molecule has 0 bridgehead atoms. The van der Waals surface area contributed by atoms with E-state index in [1.54, 1.807) is 18.2 Å². The van der Waals surface area contributed by atoms with Gasteiger partial charge in [-0.25, -0.2) is 4.79 Å². The second-order valence-electron chi connectivity index (χ2n) is 4.48. The molecule has 0 spiro atoms. The van der Waals surface area contributed by atoms with Gasteiger partial charge in [-0.2, -0.15) is 0 Å². The summed E-state index contributed by atoms with van der Waals surface area (Å²) in [5, 5.41) is 16.4. The van der Waals surface area contributed by atoms with Crippen LogP contribution in [0.1, 0.15) is 6.92 Å². The zero-order chi connectivity index (χ0) is 16.8. The summed E-state index contributed by atoms with van der Waals surface area (Å²) < 4.78 is 0. The van der Waals surface area contributed by atoms with E-state index < -0.39 is 4.92 Å². The van der Waals surface area contributed by atoms with E-state index in [0.29, 0.717) is 17.3 Å². The average Bonchev–Trinajstić information content (AvgIpc) is 2.51. The Labute approximate surface area is 142 Å². The van der Waals surface area contributed by atoms with Crippen LogP contribution in [0.2, 0.25) is 5.02 Å². The van der Waals surface area contributed by atoms with E-state index in [1.165, 1.54) is 23.9 Å². The van der Waals surface area contributed by atoms with Crippen LogP contribution < -0.4 is 10.6 Å². The van der Waals surface area contributed by atoms with Gasteiger partial charge < -0.3 is 10.6 Å². The predicted molar refractivity (Wildman–Crippen MR) is 91.4 cm³/mol. The van der Waals surface area contributed by atoms with Crippen LogP contribution in [0.5, 0.6) is 0 Å². The Balaban J connectivity index is 2.06. The van der Waals surface area contributed by atoms with Crippen molar-refractivity contribution in [2.24, 2.45) is 0 Å². The number of hydrogen-bond acceptors (Lipinski definition) is 4. The number of benzene rings is 2. The van der Waals surface area contributed by atoms with Crippen molar-refractivity contribution in [3.63, 3.8) is 0 Å². The minimum Gasteiger partial charge on any atom is -0.338 e. The van der Waals surface area contributed by atoms with E-state index in [2.05, 4.69) is 10.6 Å². The molecule has 2 N–H and O–H groups in total. The van der Waals surface area contributed by atoms with Crippen LogP contribution in [0, 0.1) is 10.1 Å². The Bertz CT molecular complexity index is 722. The highest BCUT2D eigenvalue weighted by Gasteiger charge is 2.10. The summed E-state index contributed by atoms with van der Waals surface area (Å²) in [5.74, 6) is 0. The fourth-order valence-electron chi connectivity index (χ4n) is 1.76. The largest absolute Gasteiger partial charge is 0.338 e. The third-order valence-electron chi connectivity index (χ3n) is 2.80. The second kappa shape index (κ2) is 7.85. The SMILES string of the molecule is CCNC(=O)Nc1ccc(Sc2ccc([N+](=O)[O-])cc2Cl)cc1. The maximum atomic E-state index is 11.4. The van der Waals surface area contributed by atoms with Gasteiger partial charge >= 0.3 is 6.03 Å². The Morgan fingerprint density at radius 3 is 2.52 bits per heavy atom. The molecule has 0 unspecified atom stereocenters. The summed E-state index contributed by atoms with van der Waals surface area (Å²) in [7, 11) is 0. The molecule has 8 heteroatoms. The maximum absolute atomic E-state index is 11.4. The molecule has 23 heavy (non-hydrogen) atoms. The van der Waals surface area contributed by atoms with Gasteiger partial charge in [0.2, 0.25) is 0 Å². The molecule has 0 aliphatic rings. The van der Waals surface area contributed by atoms with Crippen molar-refractivity contribution in [2.75, 3.05) is 11.9 Å². The number of carbonyl (C=O) groups is 1. The van der Waals surface area contributed by atoms with E-state index in [4.69, 9.17) is 11.6 Å². The summed E-state index contributed by atoms with van der Waals surface area (Å²) in [6.07, 6.45) is 0. The second-order valence-corrected chi connectivity index (χ2v) is 6.01. The molecule has 0 radical (unpaired) electrons. The van der Waals surface area contributed by atoms with Crippen molar-refractivity contribution in [1.82, 2.24) is 5.32 Å². The fraction of sp³-hybridized carbons (Fsp3) is 0.133. The number of nitro groups is 1. The molecular weight excluding hydrogens is 338 g/mol. The molecule has 0 aliphatic heterocycles. The van der Waals surface area contributed by atoms with Gasteiger partial charge in [-0.3, -0.25) is 10.1 Å². The van der Waals surface area contributed by atoms with E-state index in [1.807, 2.05) is 19.1 Å². The standard InChI is InChI=1S/C15H14ClN3O3S/c1-2-17-15(20)18-10-3-6-12(7-4-10)23-14-8-5-11(19(21)22)9-13(14)16/h3-9H,2H2,1H3,(H2,17,18,20). The average molecular weight is 352 g/mol. The highest BCUT2D eigenvalue weighted by atomic mass is 35.5. The summed E-state index contributed by atoms with van der Waals surface area (Å²) >= 11 is 7.46. The number of hydrogen-bond donors (Lipinski definition) is 2. The van der Waals surface area contributed by atoms with Gasteiger partial charge in [0.15, 0.2) is 0 Å². The molecular formula is C15H14ClN3O3S. The van der Waals surface area contributed by atoms with Crippen LogP contribution in [0.3, 0.4) is 0 Å². The summed E-state index contributed by atoms with van der Waals surface area (Å²) in [6.45, 7) is 2.39. The molecule has 0 aromatic heterocycles. The first-order valence-corrected chi connectivity index (χ1v) is 7.95. The first-order chi connectivity index (χ1) is 11.0. The normalized spacial score (nSPS) is 10.2. The van der Waals surface area contributed by atoms with Gasteiger partial charge in [0.1, 0.15) is 0 Å². The maximum Gasteiger partial charge on any atom is 0.319 e. The monoisotopic (exact) mass is 351 g/mol. The number of carbonyl (C=O) groups excluding carboxylic acids is 1. The molecule has 2 aromatic carbocycles. The number of rotatable bonds is 5. The smallest absolute Gasteiger partial charge is 0.319 e. The topological polar surface area (TPSA) is 84.3 Å². The minimum absolute atomic E-state index is 0.0409. The number of urea groups is 1. The van der Waals surface area contributed by atoms with Gasteiger partial charge in [-0.15, -0.1) is 0 Å². The number of nitrogens with one attached hydrogen (secondary N) is 2. The summed E-state index contributed by atoms with van der Waals surface area (Å²) in [6, 6.07) is 11.3. The molecule has 6 nitrogen and oxygen atoms in total. The van der Waals surface area contributed by atoms with E-state index in [-0.39, 0.29) is 11.7 Å². The van der Waals surface area contributed by atoms with Crippen molar-refractivity contribution in [3.8, 4) is 0 Å². The van der Waals surface area contributed by atoms with Crippen molar-refractivity contribution < 1.29 is 9.72 Å². The Morgan fingerprint density at radius 2 is 1.96 bits per heavy atom. The number of anilines is 1. The van der Waals surface area contributed by atoms with Crippen molar-refractivity contribution in [1.29, 1.82) is 0 Å². The van der Waals surface area contributed by atoms with Crippen LogP contribution >= 0.6 is 23.4 Å². The molecule has 0 aliphatic carbocycles. The predicted octanol–water partition coefficient (Wildman–Crippen LogP) is 4.54. The van der Waals surface area contributed by atoms with E-state index in [9.17, 15) is 14.9 Å². The lowest BCUT2D eigenvalue weighted by Crippen LogP contribution is -2.28. The first kappa shape index (κ1) is 17.1. The Hall–Kier alpha value is -2.25. The van der Waals surface area contributed by atoms with Gasteiger partial charge in [0, 0.05) is 34.2 Å². The Kier molecular flexibility index (Phi) is 5.84. The molecule has 0 saturated heterocycles. The lowest BCUT2D eigenvalue weighted by atomic mass is 10.3. The molecule has 0 atom stereocenters. The van der Waals surface area contributed by atoms with Crippen molar-refractivity contribution in [3.05, 3.63) is 57.6 Å². The quantitative estimate of drug-likeness (QED) is 0.611. The lowest BCUT2D eigenvalue weighted by Gasteiger charge is -2.07. The first-order valence-electron chi connectivity index (χ1n) is 6.76. The number of nitrogens with zero attached hydrogens (tertiary/aromatic N) is 1. The fourth-order valence-corrected chi connectivity index (χ4v) is 2.86. The van der Waals surface area contributed by atoms with Gasteiger partial charge in [-0.05, 0) is 37.3 Å². The summed E-state index contributed by atoms with van der Waals surface area (Å²) in [4.78, 5) is 23.3. The Morgan fingerprint density at radius 1 is 1.26 bits per heavy atom. The van der Waals surface area contributed by atoms with Crippen LogP contribution in [-0.2, 0) is 0 Å². The highest BCUT2D eigenvalue weighted by molar-refractivity contribution is 7.99. The van der Waals surface area contributed by atoms with Crippen molar-refractivity contribution in [2.45, 2.75) is 16.7 Å². The minimum atomic E-state index is -0.484. The van der Waals surface area contributed by atoms with Gasteiger partial charge in [0.05, 0.1) is 9.95 Å². The number of halogens is 1. The van der Waals surface area contributed by atoms with Gasteiger partial charge in [0.25, 0.3) is 5.69 Å². The molecule has 2 amide bonds. The molecule has 0 fully saturated rings. The van der Waals surface area contributed by atoms with Gasteiger partial charge in [-0.1, -0.05) is 23.4 Å². The van der Waals surface area contributed by atoms with E-state index >= 15 is 0 Å². The van der Waals surface area contributed by atoms with Crippen LogP contribution in [-0.4, -0.2) is 17.5 Å². The highest BCUT2D eigenvalue weighted by Crippen LogP contribution is 2.35. The zero-order valence-electron chi connectivity index (χ0n) is 12.2. The number of non-ortho nitro benzene ring substituents is 1. The molecule has 0 heterocycles. The van der Waals surface area contributed by atoms with E-state index in [0.717, 1.165) is 9.79 Å². The zero-order valence-corrected chi connectivity index (χ0v) is 13.8. The molecule has 2 aromatic rings. The van der Waals surface area contributed by atoms with Crippen LogP contribution in [0.25, 0.3) is 0 Å². The number of nitro benzene ring substituents is 1. The van der Waals surface area contributed by atoms with Crippen LogP contribution in [0.4, 0.5) is 16.2 Å². The van der Waals surface area contributed by atoms with Crippen LogP contribution in [0.15, 0.2) is 52.3 Å². The lowest BCUT2D eigenvalue weighted by molar-refractivity contribution is -0.384. The molecule has 120 valence electrons. The number of amides is 2. The molecule has 2 rings (SSSR count). The third-order valence-corrected chi connectivity index (χ3v) is 4.31.